The van der Waals surface area contributed by atoms with Gasteiger partial charge in [-0.15, -0.1) is 0 Å². The first-order valence-electron chi connectivity index (χ1n) is 5.46. The number of carbonyl (C=O) groups excluding carboxylic acids is 1. The van der Waals surface area contributed by atoms with Crippen molar-refractivity contribution in [2.24, 2.45) is 0 Å². The second kappa shape index (κ2) is 4.51. The summed E-state index contributed by atoms with van der Waals surface area (Å²) >= 11 is 0. The van der Waals surface area contributed by atoms with E-state index < -0.39 is 0 Å². The number of rotatable bonds is 2. The second-order valence-electron chi connectivity index (χ2n) is 4.11. The van der Waals surface area contributed by atoms with Crippen LogP contribution in [0.25, 0.3) is 0 Å². The van der Waals surface area contributed by atoms with Gasteiger partial charge in [-0.05, 0) is 43.5 Å². The number of halogens is 1. The van der Waals surface area contributed by atoms with Gasteiger partial charge in [-0.25, -0.2) is 9.18 Å². The Morgan fingerprint density at radius 3 is 2.50 bits per heavy atom. The van der Waals surface area contributed by atoms with E-state index in [0.717, 1.165) is 12.8 Å². The molecule has 0 bridgehead atoms. The molecule has 1 saturated carbocycles. The number of nitrogens with one attached hydrogen (secondary N) is 1. The summed E-state index contributed by atoms with van der Waals surface area (Å²) in [5.41, 5.74) is 0.693. The van der Waals surface area contributed by atoms with Crippen LogP contribution in [0.3, 0.4) is 0 Å². The molecule has 0 heterocycles. The molecule has 0 aromatic heterocycles. The molecule has 1 aromatic carbocycles. The van der Waals surface area contributed by atoms with Gasteiger partial charge in [-0.2, -0.15) is 0 Å². The van der Waals surface area contributed by atoms with Crippen molar-refractivity contribution in [3.05, 3.63) is 30.1 Å². The Bertz CT molecular complexity index is 373. The summed E-state index contributed by atoms with van der Waals surface area (Å²) in [6.45, 7) is 0. The number of anilines is 1. The highest BCUT2D eigenvalue weighted by Crippen LogP contribution is 2.19. The molecule has 2 amide bonds. The van der Waals surface area contributed by atoms with Crippen LogP contribution in [0.4, 0.5) is 14.9 Å². The van der Waals surface area contributed by atoms with Crippen molar-refractivity contribution in [3.63, 3.8) is 0 Å². The Morgan fingerprint density at radius 1 is 1.38 bits per heavy atom. The fourth-order valence-electron chi connectivity index (χ4n) is 1.61. The summed E-state index contributed by atoms with van der Waals surface area (Å²) in [7, 11) is 1.68. The van der Waals surface area contributed by atoms with E-state index in [9.17, 15) is 9.18 Å². The minimum Gasteiger partial charge on any atom is -0.335 e. The van der Waals surface area contributed by atoms with Crippen molar-refractivity contribution in [2.75, 3.05) is 11.9 Å². The lowest BCUT2D eigenvalue weighted by Crippen LogP contribution is -2.46. The van der Waals surface area contributed by atoms with Gasteiger partial charge in [0.25, 0.3) is 0 Å². The number of benzene rings is 1. The largest absolute Gasteiger partial charge is 0.335 e. The van der Waals surface area contributed by atoms with Crippen LogP contribution in [0.15, 0.2) is 24.3 Å². The molecule has 4 heteroatoms. The van der Waals surface area contributed by atoms with Crippen LogP contribution in [0.2, 0.25) is 0 Å². The van der Waals surface area contributed by atoms with Crippen LogP contribution in [-0.2, 0) is 0 Å². The van der Waals surface area contributed by atoms with Crippen molar-refractivity contribution >= 4 is 11.7 Å². The van der Waals surface area contributed by atoms with Crippen LogP contribution >= 0.6 is 0 Å². The molecule has 0 unspecified atom stereocenters. The maximum atomic E-state index is 12.7. The first-order chi connectivity index (χ1) is 7.66. The highest BCUT2D eigenvalue weighted by Gasteiger charge is 2.21. The molecule has 1 aromatic rings. The topological polar surface area (TPSA) is 32.3 Å². The van der Waals surface area contributed by atoms with Gasteiger partial charge in [0.15, 0.2) is 0 Å². The van der Waals surface area contributed by atoms with Gasteiger partial charge in [0.2, 0.25) is 0 Å². The fraction of sp³-hybridized carbons (Fsp3) is 0.417. The lowest BCUT2D eigenvalue weighted by atomic mass is 9.93. The van der Waals surface area contributed by atoms with Crippen molar-refractivity contribution in [3.8, 4) is 0 Å². The highest BCUT2D eigenvalue weighted by atomic mass is 19.1. The second-order valence-corrected chi connectivity index (χ2v) is 4.11. The van der Waals surface area contributed by atoms with E-state index in [1.807, 2.05) is 0 Å². The number of amides is 2. The molecule has 0 atom stereocenters. The first-order valence-corrected chi connectivity index (χ1v) is 5.46. The molecular weight excluding hydrogens is 207 g/mol. The predicted molar refractivity (Wildman–Crippen MR) is 61.0 cm³/mol. The Hall–Kier alpha value is -1.58. The van der Waals surface area contributed by atoms with Gasteiger partial charge in [-0.1, -0.05) is 0 Å². The summed E-state index contributed by atoms with van der Waals surface area (Å²) in [6.07, 6.45) is 3.30. The quantitative estimate of drug-likeness (QED) is 0.819. The molecule has 1 aliphatic rings. The predicted octanol–water partition coefficient (Wildman–Crippen LogP) is 2.52. The summed E-state index contributed by atoms with van der Waals surface area (Å²) in [6, 6.07) is 6.07. The lowest BCUT2D eigenvalue weighted by molar-refractivity contribution is 0.235. The van der Waals surface area contributed by atoms with Gasteiger partial charge in [0, 0.05) is 18.8 Å². The third-order valence-electron chi connectivity index (χ3n) is 2.95. The van der Waals surface area contributed by atoms with E-state index in [4.69, 9.17) is 0 Å². The smallest absolute Gasteiger partial charge is 0.321 e. The molecule has 0 spiro atoms. The van der Waals surface area contributed by atoms with Crippen LogP contribution < -0.4 is 10.2 Å². The minimum absolute atomic E-state index is 0.128. The molecule has 86 valence electrons. The molecule has 3 nitrogen and oxygen atoms in total. The maximum Gasteiger partial charge on any atom is 0.321 e. The Kier molecular flexibility index (Phi) is 3.08. The number of hydrogen-bond acceptors (Lipinski definition) is 1. The zero-order valence-electron chi connectivity index (χ0n) is 9.24. The average Bonchev–Trinajstić information content (AvgIpc) is 2.23. The van der Waals surface area contributed by atoms with Crippen molar-refractivity contribution in [2.45, 2.75) is 25.3 Å². The molecule has 0 aliphatic heterocycles. The van der Waals surface area contributed by atoms with E-state index in [0.29, 0.717) is 11.7 Å². The van der Waals surface area contributed by atoms with E-state index in [-0.39, 0.29) is 11.8 Å². The molecule has 1 N–H and O–H groups in total. The van der Waals surface area contributed by atoms with Crippen molar-refractivity contribution in [1.82, 2.24) is 5.32 Å². The molecule has 1 aliphatic carbocycles. The number of carbonyl (C=O) groups is 1. The molecule has 0 radical (unpaired) electrons. The number of urea groups is 1. The molecular formula is C12H15FN2O. The Labute approximate surface area is 94.3 Å². The van der Waals surface area contributed by atoms with Crippen LogP contribution in [0, 0.1) is 5.82 Å². The fourth-order valence-corrected chi connectivity index (χ4v) is 1.61. The summed E-state index contributed by atoms with van der Waals surface area (Å²) in [5, 5.41) is 2.92. The zero-order valence-corrected chi connectivity index (χ0v) is 9.24. The maximum absolute atomic E-state index is 12.7. The molecule has 1 fully saturated rings. The van der Waals surface area contributed by atoms with Crippen LogP contribution in [-0.4, -0.2) is 19.1 Å². The SMILES string of the molecule is CN(C(=O)NC1CCC1)c1ccc(F)cc1. The normalized spacial score (nSPS) is 15.4. The van der Waals surface area contributed by atoms with E-state index in [1.54, 1.807) is 19.2 Å². The third kappa shape index (κ3) is 2.32. The first kappa shape index (κ1) is 10.9. The van der Waals surface area contributed by atoms with E-state index in [2.05, 4.69) is 5.32 Å². The van der Waals surface area contributed by atoms with E-state index >= 15 is 0 Å². The third-order valence-corrected chi connectivity index (χ3v) is 2.95. The molecule has 2 rings (SSSR count). The zero-order chi connectivity index (χ0) is 11.5. The average molecular weight is 222 g/mol. The van der Waals surface area contributed by atoms with E-state index in [1.165, 1.54) is 23.5 Å². The van der Waals surface area contributed by atoms with Gasteiger partial charge in [0.1, 0.15) is 5.82 Å². The van der Waals surface area contributed by atoms with Crippen molar-refractivity contribution in [1.29, 1.82) is 0 Å². The van der Waals surface area contributed by atoms with Crippen molar-refractivity contribution < 1.29 is 9.18 Å². The summed E-state index contributed by atoms with van der Waals surface area (Å²) < 4.78 is 12.7. The van der Waals surface area contributed by atoms with Crippen LogP contribution in [0.5, 0.6) is 0 Å². The number of nitrogens with zero attached hydrogens (tertiary/aromatic N) is 1. The van der Waals surface area contributed by atoms with Gasteiger partial charge in [0.05, 0.1) is 0 Å². The molecule has 16 heavy (non-hydrogen) atoms. The van der Waals surface area contributed by atoms with Gasteiger partial charge in [-0.3, -0.25) is 4.90 Å². The van der Waals surface area contributed by atoms with Gasteiger partial charge < -0.3 is 5.32 Å². The Balaban J connectivity index is 1.97. The van der Waals surface area contributed by atoms with Gasteiger partial charge >= 0.3 is 6.03 Å². The monoisotopic (exact) mass is 222 g/mol. The Morgan fingerprint density at radius 2 is 2.00 bits per heavy atom. The highest BCUT2D eigenvalue weighted by molar-refractivity contribution is 5.91. The summed E-state index contributed by atoms with van der Waals surface area (Å²) in [5.74, 6) is -0.295. The molecule has 0 saturated heterocycles. The number of hydrogen-bond donors (Lipinski definition) is 1. The summed E-state index contributed by atoms with van der Waals surface area (Å²) in [4.78, 5) is 13.3. The standard InChI is InChI=1S/C12H15FN2O/c1-15(11-7-5-9(13)6-8-11)12(16)14-10-3-2-4-10/h5-8,10H,2-4H2,1H3,(H,14,16). The minimum atomic E-state index is -0.295. The van der Waals surface area contributed by atoms with Crippen LogP contribution in [0.1, 0.15) is 19.3 Å². The lowest BCUT2D eigenvalue weighted by Gasteiger charge is -2.29.